The van der Waals surface area contributed by atoms with E-state index in [1.54, 1.807) is 18.2 Å². The van der Waals surface area contributed by atoms with E-state index in [0.29, 0.717) is 11.6 Å². The third-order valence-electron chi connectivity index (χ3n) is 2.46. The highest BCUT2D eigenvalue weighted by Gasteiger charge is 2.10. The van der Waals surface area contributed by atoms with Crippen molar-refractivity contribution in [1.29, 1.82) is 0 Å². The molecule has 0 unspecified atom stereocenters. The Morgan fingerprint density at radius 1 is 1.37 bits per heavy atom. The molecule has 2 aromatic heterocycles. The number of amides is 1. The van der Waals surface area contributed by atoms with Crippen LogP contribution in [0.1, 0.15) is 16.2 Å². The first-order chi connectivity index (χ1) is 9.10. The molecular weight excluding hydrogens is 310 g/mol. The molecule has 0 aliphatic heterocycles. The van der Waals surface area contributed by atoms with E-state index in [-0.39, 0.29) is 11.6 Å². The van der Waals surface area contributed by atoms with Gasteiger partial charge in [-0.05, 0) is 41.1 Å². The molecule has 0 aromatic carbocycles. The molecule has 6 heteroatoms. The number of anilines is 1. The lowest BCUT2D eigenvalue weighted by molar-refractivity contribution is 0.102. The van der Waals surface area contributed by atoms with Crippen molar-refractivity contribution in [2.24, 2.45) is 0 Å². The summed E-state index contributed by atoms with van der Waals surface area (Å²) in [6, 6.07) is 6.80. The van der Waals surface area contributed by atoms with Gasteiger partial charge in [0.25, 0.3) is 5.91 Å². The molecule has 0 spiro atoms. The Bertz CT molecular complexity index is 617. The number of aromatic nitrogens is 2. The summed E-state index contributed by atoms with van der Waals surface area (Å²) < 4.78 is 5.94. The van der Waals surface area contributed by atoms with Gasteiger partial charge < -0.3 is 10.1 Å². The summed E-state index contributed by atoms with van der Waals surface area (Å²) in [5.74, 6) is 0.739. The number of hydrogen-bond acceptors (Lipinski definition) is 4. The molecule has 98 valence electrons. The van der Waals surface area contributed by atoms with E-state index in [9.17, 15) is 4.79 Å². The molecule has 2 heterocycles. The fraction of sp³-hybridized carbons (Fsp3) is 0.154. The van der Waals surface area contributed by atoms with Crippen molar-refractivity contribution in [1.82, 2.24) is 9.97 Å². The summed E-state index contributed by atoms with van der Waals surface area (Å²) >= 11 is 3.36. The Morgan fingerprint density at radius 2 is 2.16 bits per heavy atom. The second-order valence-corrected chi connectivity index (χ2v) is 4.65. The van der Waals surface area contributed by atoms with Crippen LogP contribution in [-0.4, -0.2) is 23.0 Å². The van der Waals surface area contributed by atoms with Crippen molar-refractivity contribution >= 4 is 27.7 Å². The van der Waals surface area contributed by atoms with E-state index in [4.69, 9.17) is 4.74 Å². The normalized spacial score (nSPS) is 10.1. The number of ether oxygens (including phenoxy) is 1. The summed E-state index contributed by atoms with van der Waals surface area (Å²) in [7, 11) is 1.54. The van der Waals surface area contributed by atoms with Gasteiger partial charge in [0.05, 0.1) is 12.8 Å². The maximum Gasteiger partial charge on any atom is 0.275 e. The third-order valence-corrected chi connectivity index (χ3v) is 3.30. The molecule has 0 atom stereocenters. The van der Waals surface area contributed by atoms with Crippen LogP contribution in [0.4, 0.5) is 5.82 Å². The van der Waals surface area contributed by atoms with Gasteiger partial charge in [-0.2, -0.15) is 0 Å². The standard InChI is InChI=1S/C13H12BrN3O2/c1-8-10(14)3-4-12(16-8)17-13(18)11-7-9(19-2)5-6-15-11/h3-7H,1-2H3,(H,16,17,18). The number of carbonyl (C=O) groups excluding carboxylic acids is 1. The first-order valence-electron chi connectivity index (χ1n) is 5.54. The summed E-state index contributed by atoms with van der Waals surface area (Å²) in [5, 5.41) is 2.69. The Balaban J connectivity index is 2.18. The molecule has 0 bridgehead atoms. The Kier molecular flexibility index (Phi) is 4.11. The fourth-order valence-corrected chi connectivity index (χ4v) is 1.68. The highest BCUT2D eigenvalue weighted by Crippen LogP contribution is 2.17. The predicted octanol–water partition coefficient (Wildman–Crippen LogP) is 2.81. The van der Waals surface area contributed by atoms with Gasteiger partial charge >= 0.3 is 0 Å². The van der Waals surface area contributed by atoms with Crippen molar-refractivity contribution in [2.45, 2.75) is 6.92 Å². The van der Waals surface area contributed by atoms with E-state index in [2.05, 4.69) is 31.2 Å². The van der Waals surface area contributed by atoms with E-state index in [0.717, 1.165) is 10.2 Å². The molecule has 0 aliphatic rings. The number of aryl methyl sites for hydroxylation is 1. The van der Waals surface area contributed by atoms with Gasteiger partial charge in [0.2, 0.25) is 0 Å². The first kappa shape index (κ1) is 13.5. The van der Waals surface area contributed by atoms with E-state index in [1.807, 2.05) is 13.0 Å². The summed E-state index contributed by atoms with van der Waals surface area (Å²) in [6.45, 7) is 1.85. The van der Waals surface area contributed by atoms with Gasteiger partial charge in [-0.25, -0.2) is 4.98 Å². The van der Waals surface area contributed by atoms with Gasteiger partial charge in [-0.15, -0.1) is 0 Å². The molecule has 2 aromatic rings. The number of halogens is 1. The van der Waals surface area contributed by atoms with E-state index in [1.165, 1.54) is 13.3 Å². The van der Waals surface area contributed by atoms with E-state index >= 15 is 0 Å². The average molecular weight is 322 g/mol. The van der Waals surface area contributed by atoms with Gasteiger partial charge in [-0.3, -0.25) is 9.78 Å². The molecule has 19 heavy (non-hydrogen) atoms. The van der Waals surface area contributed by atoms with Crippen molar-refractivity contribution in [3.8, 4) is 5.75 Å². The number of nitrogens with zero attached hydrogens (tertiary/aromatic N) is 2. The van der Waals surface area contributed by atoms with Gasteiger partial charge in [-0.1, -0.05) is 0 Å². The van der Waals surface area contributed by atoms with Crippen LogP contribution < -0.4 is 10.1 Å². The minimum absolute atomic E-state index is 0.279. The highest BCUT2D eigenvalue weighted by molar-refractivity contribution is 9.10. The number of hydrogen-bond donors (Lipinski definition) is 1. The van der Waals surface area contributed by atoms with Crippen molar-refractivity contribution in [2.75, 3.05) is 12.4 Å². The summed E-state index contributed by atoms with van der Waals surface area (Å²) in [6.07, 6.45) is 1.52. The zero-order valence-corrected chi connectivity index (χ0v) is 12.1. The van der Waals surface area contributed by atoms with Crippen LogP contribution in [0.3, 0.4) is 0 Å². The number of pyridine rings is 2. The van der Waals surface area contributed by atoms with E-state index < -0.39 is 0 Å². The number of carbonyl (C=O) groups is 1. The third kappa shape index (κ3) is 3.29. The summed E-state index contributed by atoms with van der Waals surface area (Å²) in [5.41, 5.74) is 1.08. The monoisotopic (exact) mass is 321 g/mol. The van der Waals surface area contributed by atoms with Gasteiger partial charge in [0, 0.05) is 16.7 Å². The lowest BCUT2D eigenvalue weighted by atomic mass is 10.3. The quantitative estimate of drug-likeness (QED) is 0.944. The minimum Gasteiger partial charge on any atom is -0.497 e. The maximum atomic E-state index is 12.0. The molecule has 0 saturated heterocycles. The van der Waals surface area contributed by atoms with Crippen LogP contribution in [0.15, 0.2) is 34.9 Å². The zero-order valence-electron chi connectivity index (χ0n) is 10.5. The molecule has 0 fully saturated rings. The molecule has 1 amide bonds. The Labute approximate surface area is 119 Å². The van der Waals surface area contributed by atoms with Crippen molar-refractivity contribution < 1.29 is 9.53 Å². The largest absolute Gasteiger partial charge is 0.497 e. The Morgan fingerprint density at radius 3 is 2.84 bits per heavy atom. The topological polar surface area (TPSA) is 64.1 Å². The highest BCUT2D eigenvalue weighted by atomic mass is 79.9. The zero-order chi connectivity index (χ0) is 13.8. The molecule has 0 radical (unpaired) electrons. The van der Waals surface area contributed by atoms with Crippen molar-refractivity contribution in [3.63, 3.8) is 0 Å². The summed E-state index contributed by atoms with van der Waals surface area (Å²) in [4.78, 5) is 20.2. The number of methoxy groups -OCH3 is 1. The number of nitrogens with one attached hydrogen (secondary N) is 1. The average Bonchev–Trinajstić information content (AvgIpc) is 2.43. The first-order valence-corrected chi connectivity index (χ1v) is 6.34. The van der Waals surface area contributed by atoms with Crippen LogP contribution in [0.25, 0.3) is 0 Å². The van der Waals surface area contributed by atoms with Gasteiger partial charge in [0.1, 0.15) is 17.3 Å². The smallest absolute Gasteiger partial charge is 0.275 e. The second-order valence-electron chi connectivity index (χ2n) is 3.80. The SMILES string of the molecule is COc1ccnc(C(=O)Nc2ccc(Br)c(C)n2)c1. The molecular formula is C13H12BrN3O2. The lowest BCUT2D eigenvalue weighted by Crippen LogP contribution is -2.14. The minimum atomic E-state index is -0.326. The fourth-order valence-electron chi connectivity index (χ4n) is 1.46. The van der Waals surface area contributed by atoms with Crippen LogP contribution in [0, 0.1) is 6.92 Å². The number of rotatable bonds is 3. The molecule has 0 aliphatic carbocycles. The molecule has 2 rings (SSSR count). The van der Waals surface area contributed by atoms with Gasteiger partial charge in [0.15, 0.2) is 0 Å². The Hall–Kier alpha value is -1.95. The van der Waals surface area contributed by atoms with Crippen LogP contribution in [0.2, 0.25) is 0 Å². The molecule has 5 nitrogen and oxygen atoms in total. The molecule has 1 N–H and O–H groups in total. The second kappa shape index (κ2) is 5.79. The maximum absolute atomic E-state index is 12.0. The van der Waals surface area contributed by atoms with Crippen LogP contribution in [0.5, 0.6) is 5.75 Å². The predicted molar refractivity (Wildman–Crippen MR) is 75.4 cm³/mol. The molecule has 0 saturated carbocycles. The van der Waals surface area contributed by atoms with Crippen LogP contribution in [-0.2, 0) is 0 Å². The lowest BCUT2D eigenvalue weighted by Gasteiger charge is -2.06. The van der Waals surface area contributed by atoms with Crippen molar-refractivity contribution in [3.05, 3.63) is 46.3 Å². The van der Waals surface area contributed by atoms with Crippen LogP contribution >= 0.6 is 15.9 Å².